The largest absolute Gasteiger partial charge is 0.391 e. The van der Waals surface area contributed by atoms with E-state index in [2.05, 4.69) is 0 Å². The van der Waals surface area contributed by atoms with Crippen LogP contribution in [0, 0.1) is 0 Å². The summed E-state index contributed by atoms with van der Waals surface area (Å²) in [7, 11) is 0. The first kappa shape index (κ1) is 7.77. The number of hydrogen-bond donors (Lipinski definition) is 1. The lowest BCUT2D eigenvalue weighted by molar-refractivity contribution is 0.152. The lowest BCUT2D eigenvalue weighted by Crippen LogP contribution is -2.09. The lowest BCUT2D eigenvalue weighted by Gasteiger charge is -1.97. The molecule has 0 amide bonds. The van der Waals surface area contributed by atoms with Gasteiger partial charge in [-0.1, -0.05) is 30.3 Å². The van der Waals surface area contributed by atoms with E-state index in [0.717, 1.165) is 5.56 Å². The van der Waals surface area contributed by atoms with E-state index in [9.17, 15) is 5.11 Å². The third kappa shape index (κ3) is 1.36. The van der Waals surface area contributed by atoms with Crippen LogP contribution in [-0.2, 0) is 4.74 Å². The van der Waals surface area contributed by atoms with Crippen LogP contribution in [0.4, 0.5) is 0 Å². The molecule has 1 unspecified atom stereocenters. The molecule has 2 rings (SSSR count). The monoisotopic (exact) mass is 164 g/mol. The van der Waals surface area contributed by atoms with Crippen LogP contribution in [0.1, 0.15) is 18.6 Å². The molecule has 1 N–H and O–H groups in total. The second-order valence-corrected chi connectivity index (χ2v) is 3.17. The van der Waals surface area contributed by atoms with Gasteiger partial charge in [-0.2, -0.15) is 0 Å². The van der Waals surface area contributed by atoms with Gasteiger partial charge in [0, 0.05) is 0 Å². The number of hydrogen-bond acceptors (Lipinski definition) is 2. The molecule has 1 aliphatic heterocycles. The third-order valence-corrected chi connectivity index (χ3v) is 2.13. The van der Waals surface area contributed by atoms with Gasteiger partial charge in [-0.25, -0.2) is 0 Å². The van der Waals surface area contributed by atoms with Gasteiger partial charge in [0.2, 0.25) is 0 Å². The van der Waals surface area contributed by atoms with Gasteiger partial charge in [0.05, 0.1) is 6.10 Å². The van der Waals surface area contributed by atoms with E-state index in [-0.39, 0.29) is 18.3 Å². The van der Waals surface area contributed by atoms with Gasteiger partial charge in [0.1, 0.15) is 12.2 Å². The Balaban J connectivity index is 2.06. The van der Waals surface area contributed by atoms with Crippen molar-refractivity contribution in [3.63, 3.8) is 0 Å². The van der Waals surface area contributed by atoms with Crippen molar-refractivity contribution in [2.45, 2.75) is 25.2 Å². The maximum atomic E-state index is 9.20. The number of rotatable bonds is 2. The predicted octanol–water partition coefficient (Wildman–Crippen LogP) is 1.51. The fraction of sp³-hybridized carbons (Fsp3) is 0.400. The molecule has 2 heteroatoms. The Bertz CT molecular complexity index is 256. The van der Waals surface area contributed by atoms with Gasteiger partial charge in [0.25, 0.3) is 0 Å². The lowest BCUT2D eigenvalue weighted by atomic mass is 10.1. The highest BCUT2D eigenvalue weighted by Crippen LogP contribution is 2.40. The Morgan fingerprint density at radius 3 is 2.50 bits per heavy atom. The minimum absolute atomic E-state index is 0.00685. The van der Waals surface area contributed by atoms with Crippen LogP contribution in [0.3, 0.4) is 0 Å². The summed E-state index contributed by atoms with van der Waals surface area (Å²) in [6.45, 7) is 1.76. The van der Waals surface area contributed by atoms with E-state index in [1.807, 2.05) is 30.3 Å². The standard InChI is InChI=1S/C10H12O2/c1-7(11)9-10(12-9)8-5-3-2-4-6-8/h2-7,9-11H,1H3/t7?,9-,10-/m1/s1. The summed E-state index contributed by atoms with van der Waals surface area (Å²) in [6.07, 6.45) is -0.242. The fourth-order valence-electron chi connectivity index (χ4n) is 1.40. The Morgan fingerprint density at radius 1 is 1.33 bits per heavy atom. The van der Waals surface area contributed by atoms with E-state index in [4.69, 9.17) is 4.74 Å². The van der Waals surface area contributed by atoms with Crippen LogP contribution < -0.4 is 0 Å². The van der Waals surface area contributed by atoms with Crippen molar-refractivity contribution >= 4 is 0 Å². The molecule has 3 atom stereocenters. The summed E-state index contributed by atoms with van der Waals surface area (Å²) >= 11 is 0. The summed E-state index contributed by atoms with van der Waals surface area (Å²) in [6, 6.07) is 9.98. The molecule has 0 radical (unpaired) electrons. The van der Waals surface area contributed by atoms with E-state index in [0.29, 0.717) is 0 Å². The molecule has 1 aliphatic rings. The molecular weight excluding hydrogens is 152 g/mol. The van der Waals surface area contributed by atoms with Crippen molar-refractivity contribution in [2.24, 2.45) is 0 Å². The van der Waals surface area contributed by atoms with Crippen LogP contribution in [0.5, 0.6) is 0 Å². The van der Waals surface area contributed by atoms with Crippen molar-refractivity contribution in [2.75, 3.05) is 0 Å². The normalized spacial score (nSPS) is 29.8. The van der Waals surface area contributed by atoms with Crippen molar-refractivity contribution in [3.05, 3.63) is 35.9 Å². The molecule has 1 aromatic carbocycles. The summed E-state index contributed by atoms with van der Waals surface area (Å²) in [4.78, 5) is 0. The first-order valence-corrected chi connectivity index (χ1v) is 4.17. The van der Waals surface area contributed by atoms with Crippen LogP contribution in [0.2, 0.25) is 0 Å². The molecule has 64 valence electrons. The molecule has 1 saturated heterocycles. The first-order valence-electron chi connectivity index (χ1n) is 4.17. The average molecular weight is 164 g/mol. The van der Waals surface area contributed by atoms with E-state index >= 15 is 0 Å². The highest BCUT2D eigenvalue weighted by molar-refractivity contribution is 5.22. The minimum atomic E-state index is -0.366. The Morgan fingerprint density at radius 2 is 2.00 bits per heavy atom. The summed E-state index contributed by atoms with van der Waals surface area (Å²) in [5.41, 5.74) is 1.16. The SMILES string of the molecule is CC(O)[C@H]1O[C@@H]1c1ccccc1. The quantitative estimate of drug-likeness (QED) is 0.672. The highest BCUT2D eigenvalue weighted by Gasteiger charge is 2.43. The van der Waals surface area contributed by atoms with Gasteiger partial charge < -0.3 is 9.84 Å². The number of ether oxygens (including phenoxy) is 1. The van der Waals surface area contributed by atoms with Gasteiger partial charge in [-0.3, -0.25) is 0 Å². The number of epoxide rings is 1. The second-order valence-electron chi connectivity index (χ2n) is 3.17. The fourth-order valence-corrected chi connectivity index (χ4v) is 1.40. The van der Waals surface area contributed by atoms with Crippen molar-refractivity contribution < 1.29 is 9.84 Å². The van der Waals surface area contributed by atoms with Gasteiger partial charge in [-0.05, 0) is 12.5 Å². The van der Waals surface area contributed by atoms with Gasteiger partial charge >= 0.3 is 0 Å². The molecule has 1 aromatic rings. The molecule has 12 heavy (non-hydrogen) atoms. The van der Waals surface area contributed by atoms with Crippen LogP contribution in [0.15, 0.2) is 30.3 Å². The van der Waals surface area contributed by atoms with Crippen molar-refractivity contribution in [3.8, 4) is 0 Å². The van der Waals surface area contributed by atoms with Crippen LogP contribution in [0.25, 0.3) is 0 Å². The van der Waals surface area contributed by atoms with Gasteiger partial charge in [-0.15, -0.1) is 0 Å². The smallest absolute Gasteiger partial charge is 0.114 e. The summed E-state index contributed by atoms with van der Waals surface area (Å²) in [5.74, 6) is 0. The number of benzene rings is 1. The molecule has 0 aliphatic carbocycles. The van der Waals surface area contributed by atoms with E-state index in [1.165, 1.54) is 0 Å². The van der Waals surface area contributed by atoms with Gasteiger partial charge in [0.15, 0.2) is 0 Å². The Kier molecular flexibility index (Phi) is 1.87. The maximum absolute atomic E-state index is 9.20. The third-order valence-electron chi connectivity index (χ3n) is 2.13. The van der Waals surface area contributed by atoms with Crippen molar-refractivity contribution in [1.29, 1.82) is 0 Å². The molecule has 1 heterocycles. The number of aliphatic hydroxyl groups is 1. The zero-order chi connectivity index (χ0) is 8.55. The van der Waals surface area contributed by atoms with E-state index in [1.54, 1.807) is 6.92 Å². The number of aliphatic hydroxyl groups excluding tert-OH is 1. The molecule has 0 spiro atoms. The molecule has 0 bridgehead atoms. The zero-order valence-electron chi connectivity index (χ0n) is 6.97. The maximum Gasteiger partial charge on any atom is 0.114 e. The summed E-state index contributed by atoms with van der Waals surface area (Å²) in [5, 5.41) is 9.20. The Hall–Kier alpha value is -0.860. The van der Waals surface area contributed by atoms with Crippen LogP contribution >= 0.6 is 0 Å². The zero-order valence-corrected chi connectivity index (χ0v) is 6.97. The van der Waals surface area contributed by atoms with Crippen molar-refractivity contribution in [1.82, 2.24) is 0 Å². The van der Waals surface area contributed by atoms with Crippen LogP contribution in [-0.4, -0.2) is 17.3 Å². The predicted molar refractivity (Wildman–Crippen MR) is 45.7 cm³/mol. The molecule has 1 fully saturated rings. The van der Waals surface area contributed by atoms with E-state index < -0.39 is 0 Å². The second kappa shape index (κ2) is 2.88. The Labute approximate surface area is 71.8 Å². The average Bonchev–Trinajstić information content (AvgIpc) is 2.84. The highest BCUT2D eigenvalue weighted by atomic mass is 16.6. The molecular formula is C10H12O2. The molecule has 0 saturated carbocycles. The molecule has 2 nitrogen and oxygen atoms in total. The topological polar surface area (TPSA) is 32.8 Å². The minimum Gasteiger partial charge on any atom is -0.391 e. The summed E-state index contributed by atoms with van der Waals surface area (Å²) < 4.78 is 5.31. The molecule has 0 aromatic heterocycles. The first-order chi connectivity index (χ1) is 5.79.